The van der Waals surface area contributed by atoms with Gasteiger partial charge < -0.3 is 34.6 Å². The second kappa shape index (κ2) is 11.5. The second-order valence-corrected chi connectivity index (χ2v) is 17.3. The molecule has 1 amide bonds. The molecule has 40 heavy (non-hydrogen) atoms. The molecule has 4 N–H and O–H groups in total. The van der Waals surface area contributed by atoms with E-state index >= 15 is 0 Å². The number of pyridine rings is 1. The maximum Gasteiger partial charge on any atom is 0.410 e. The quantitative estimate of drug-likeness (QED) is 0.214. The zero-order valence-corrected chi connectivity index (χ0v) is 26.0. The van der Waals surface area contributed by atoms with Crippen LogP contribution in [0.3, 0.4) is 0 Å². The van der Waals surface area contributed by atoms with Crippen LogP contribution in [0.1, 0.15) is 58.8 Å². The first-order valence-electron chi connectivity index (χ1n) is 13.3. The number of H-pyrrole nitrogens is 1. The van der Waals surface area contributed by atoms with Crippen LogP contribution < -0.4 is 16.0 Å². The highest BCUT2D eigenvalue weighted by Gasteiger charge is 2.41. The van der Waals surface area contributed by atoms with Gasteiger partial charge in [-0.15, -0.1) is 0 Å². The van der Waals surface area contributed by atoms with Crippen molar-refractivity contribution in [2.24, 2.45) is 0 Å². The number of nitrogens with two attached hydrogens (primary N) is 1. The van der Waals surface area contributed by atoms with E-state index in [4.69, 9.17) is 19.6 Å². The van der Waals surface area contributed by atoms with Gasteiger partial charge in [0.05, 0.1) is 31.8 Å². The zero-order chi connectivity index (χ0) is 30.0. The lowest BCUT2D eigenvalue weighted by molar-refractivity contribution is 0.0136. The molecule has 0 bridgehead atoms. The van der Waals surface area contributed by atoms with Crippen LogP contribution in [0, 0.1) is 0 Å². The lowest BCUT2D eigenvalue weighted by Crippen LogP contribution is -2.45. The average molecular weight is 570 g/mol. The highest BCUT2D eigenvalue weighted by molar-refractivity contribution is 6.74. The summed E-state index contributed by atoms with van der Waals surface area (Å²) in [6.45, 7) is 16.5. The predicted octanol–water partition coefficient (Wildman–Crippen LogP) is 6.32. The van der Waals surface area contributed by atoms with E-state index in [1.54, 1.807) is 36.3 Å². The van der Waals surface area contributed by atoms with Gasteiger partial charge in [0.25, 0.3) is 0 Å². The van der Waals surface area contributed by atoms with Crippen LogP contribution in [0.4, 0.5) is 10.5 Å². The third kappa shape index (κ3) is 7.36. The molecule has 218 valence electrons. The maximum absolute atomic E-state index is 13.6. The molecule has 2 aromatic carbocycles. The Balaban J connectivity index is 2.17. The molecule has 0 spiro atoms. The molecule has 1 aromatic heterocycles. The molecule has 3 aromatic rings. The van der Waals surface area contributed by atoms with Crippen molar-refractivity contribution in [1.29, 1.82) is 0 Å². The van der Waals surface area contributed by atoms with Gasteiger partial charge >= 0.3 is 6.09 Å². The number of nitrogen functional groups attached to an aromatic ring is 1. The van der Waals surface area contributed by atoms with Gasteiger partial charge in [0.15, 0.2) is 8.32 Å². The molecule has 1 heterocycles. The Morgan fingerprint density at radius 2 is 1.75 bits per heavy atom. The first-order valence-corrected chi connectivity index (χ1v) is 16.3. The Kier molecular flexibility index (Phi) is 8.95. The van der Waals surface area contributed by atoms with E-state index in [2.05, 4.69) is 38.8 Å². The fourth-order valence-corrected chi connectivity index (χ4v) is 5.37. The van der Waals surface area contributed by atoms with Crippen LogP contribution in [0.2, 0.25) is 18.1 Å². The number of hydrogen-bond acceptors (Lipinski definition) is 7. The van der Waals surface area contributed by atoms with Crippen LogP contribution in [0.5, 0.6) is 11.5 Å². The normalized spacial score (nSPS) is 13.2. The highest BCUT2D eigenvalue weighted by atomic mass is 28.4. The maximum atomic E-state index is 13.6. The van der Waals surface area contributed by atoms with E-state index in [0.717, 1.165) is 11.1 Å². The fourth-order valence-electron chi connectivity index (χ4n) is 4.10. The predicted molar refractivity (Wildman–Crippen MR) is 161 cm³/mol. The van der Waals surface area contributed by atoms with Gasteiger partial charge in [-0.05, 0) is 62.7 Å². The van der Waals surface area contributed by atoms with Crippen LogP contribution in [0.15, 0.2) is 47.3 Å². The van der Waals surface area contributed by atoms with E-state index in [0.29, 0.717) is 22.3 Å². The third-order valence-electron chi connectivity index (χ3n) is 7.21. The lowest BCUT2D eigenvalue weighted by atomic mass is 10.0. The minimum absolute atomic E-state index is 0.0434. The number of benzene rings is 2. The van der Waals surface area contributed by atoms with Gasteiger partial charge in [0.1, 0.15) is 17.1 Å². The molecule has 0 fully saturated rings. The number of carbonyl (C=O) groups excluding carboxylic acids is 1. The molecule has 0 saturated carbocycles. The molecule has 0 aliphatic carbocycles. The summed E-state index contributed by atoms with van der Waals surface area (Å²) in [7, 11) is -0.824. The summed E-state index contributed by atoms with van der Waals surface area (Å²) in [6.07, 6.45) is -1.10. The van der Waals surface area contributed by atoms with Crippen LogP contribution in [-0.4, -0.2) is 48.7 Å². The van der Waals surface area contributed by atoms with Gasteiger partial charge in [-0.3, -0.25) is 4.79 Å². The number of aromatic amines is 1. The molecular formula is C30H43N3O6Si. The third-order valence-corrected chi connectivity index (χ3v) is 11.7. The summed E-state index contributed by atoms with van der Waals surface area (Å²) in [5, 5.41) is 11.0. The summed E-state index contributed by atoms with van der Waals surface area (Å²) < 4.78 is 18.3. The zero-order valence-electron chi connectivity index (χ0n) is 25.0. The number of nitrogens with zero attached hydrogens (tertiary/aromatic N) is 1. The smallest absolute Gasteiger partial charge is 0.410 e. The van der Waals surface area contributed by atoms with E-state index in [-0.39, 0.29) is 29.4 Å². The SMILES string of the molecule is COc1cc(N)ccc1CN(C[C@H](O[Si](C)(C)C(C)(C)C)c1ccc(O)c2[nH]c(=O)ccc12)C(=O)OC(C)(C)C. The van der Waals surface area contributed by atoms with Gasteiger partial charge in [-0.1, -0.05) is 32.9 Å². The molecule has 0 unspecified atom stereocenters. The Morgan fingerprint density at radius 3 is 2.35 bits per heavy atom. The fraction of sp³-hybridized carbons (Fsp3) is 0.467. The Hall–Kier alpha value is -3.50. The molecule has 0 aliphatic heterocycles. The van der Waals surface area contributed by atoms with E-state index in [1.165, 1.54) is 12.1 Å². The van der Waals surface area contributed by atoms with Crippen LogP contribution in [0.25, 0.3) is 10.9 Å². The number of fused-ring (bicyclic) bond motifs is 1. The molecule has 0 saturated heterocycles. The summed E-state index contributed by atoms with van der Waals surface area (Å²) >= 11 is 0. The molecule has 1 atom stereocenters. The number of phenols is 1. The second-order valence-electron chi connectivity index (χ2n) is 12.6. The van der Waals surface area contributed by atoms with Crippen molar-refractivity contribution in [3.63, 3.8) is 0 Å². The Morgan fingerprint density at radius 1 is 1.07 bits per heavy atom. The number of aromatic nitrogens is 1. The minimum Gasteiger partial charge on any atom is -0.506 e. The van der Waals surface area contributed by atoms with Crippen molar-refractivity contribution in [1.82, 2.24) is 9.88 Å². The topological polar surface area (TPSA) is 127 Å². The molecule has 0 radical (unpaired) electrons. The first-order chi connectivity index (χ1) is 18.4. The molecule has 3 rings (SSSR count). The van der Waals surface area contributed by atoms with Crippen molar-refractivity contribution in [3.05, 3.63) is 63.9 Å². The largest absolute Gasteiger partial charge is 0.506 e. The highest BCUT2D eigenvalue weighted by Crippen LogP contribution is 2.42. The average Bonchev–Trinajstić information content (AvgIpc) is 2.82. The molecule has 10 heteroatoms. The number of aromatic hydroxyl groups is 1. The van der Waals surface area contributed by atoms with Gasteiger partial charge in [-0.25, -0.2) is 4.79 Å². The number of amides is 1. The van der Waals surface area contributed by atoms with Crippen LogP contribution in [-0.2, 0) is 15.7 Å². The first kappa shape index (κ1) is 31.0. The number of anilines is 1. The van der Waals surface area contributed by atoms with Gasteiger partial charge in [-0.2, -0.15) is 0 Å². The number of carbonyl (C=O) groups is 1. The standard InChI is InChI=1S/C30H43N3O6Si/c1-29(2,3)38-28(36)33(17-19-10-11-20(31)16-24(19)37-7)18-25(39-40(8,9)30(4,5)6)21-12-14-23(34)27-22(21)13-15-26(35)32-27/h10-16,25,34H,17-18,31H2,1-9H3,(H,32,35)/t25-/m0/s1. The summed E-state index contributed by atoms with van der Waals surface area (Å²) in [6, 6.07) is 11.7. The van der Waals surface area contributed by atoms with E-state index in [9.17, 15) is 14.7 Å². The monoisotopic (exact) mass is 569 g/mol. The Labute approximate surface area is 237 Å². The van der Waals surface area contributed by atoms with Crippen molar-refractivity contribution in [2.75, 3.05) is 19.4 Å². The number of phenolic OH excluding ortho intramolecular Hbond substituents is 1. The number of methoxy groups -OCH3 is 1. The van der Waals surface area contributed by atoms with Crippen molar-refractivity contribution >= 4 is 31.0 Å². The van der Waals surface area contributed by atoms with Crippen molar-refractivity contribution < 1.29 is 23.8 Å². The Bertz CT molecular complexity index is 1420. The molecule has 9 nitrogen and oxygen atoms in total. The molecular weight excluding hydrogens is 526 g/mol. The summed E-state index contributed by atoms with van der Waals surface area (Å²) in [5.74, 6) is 0.515. The van der Waals surface area contributed by atoms with Gasteiger partial charge in [0, 0.05) is 28.8 Å². The number of hydrogen-bond donors (Lipinski definition) is 3. The number of rotatable bonds is 8. The summed E-state index contributed by atoms with van der Waals surface area (Å²) in [4.78, 5) is 30.0. The van der Waals surface area contributed by atoms with E-state index < -0.39 is 26.1 Å². The van der Waals surface area contributed by atoms with E-state index in [1.807, 2.05) is 26.8 Å². The summed E-state index contributed by atoms with van der Waals surface area (Å²) in [5.41, 5.74) is 7.29. The lowest BCUT2D eigenvalue weighted by Gasteiger charge is -2.41. The van der Waals surface area contributed by atoms with Crippen molar-refractivity contribution in [3.8, 4) is 11.5 Å². The molecule has 0 aliphatic rings. The van der Waals surface area contributed by atoms with Crippen molar-refractivity contribution in [2.45, 2.75) is 77.9 Å². The number of ether oxygens (including phenoxy) is 2. The number of nitrogens with one attached hydrogen (secondary N) is 1. The van der Waals surface area contributed by atoms with Gasteiger partial charge in [0.2, 0.25) is 5.56 Å². The van der Waals surface area contributed by atoms with Crippen LogP contribution >= 0.6 is 0 Å². The minimum atomic E-state index is -2.38.